The minimum atomic E-state index is -0.809. The van der Waals surface area contributed by atoms with Gasteiger partial charge in [0.2, 0.25) is 0 Å². The van der Waals surface area contributed by atoms with Crippen LogP contribution in [0.2, 0.25) is 0 Å². The van der Waals surface area contributed by atoms with E-state index >= 15 is 4.39 Å². The van der Waals surface area contributed by atoms with E-state index in [9.17, 15) is 19.8 Å². The Bertz CT molecular complexity index is 1090. The van der Waals surface area contributed by atoms with Crippen LogP contribution in [-0.2, 0) is 0 Å². The van der Waals surface area contributed by atoms with Crippen molar-refractivity contribution in [2.75, 3.05) is 0 Å². The fourth-order valence-corrected chi connectivity index (χ4v) is 3.14. The predicted molar refractivity (Wildman–Crippen MR) is 92.4 cm³/mol. The average molecular weight is 349 g/mol. The molecule has 26 heavy (non-hydrogen) atoms. The minimum Gasteiger partial charge on any atom is -0.507 e. The molecule has 3 N–H and O–H groups in total. The van der Waals surface area contributed by atoms with Crippen LogP contribution in [0.4, 0.5) is 4.39 Å². The topological polar surface area (TPSA) is 86.6 Å². The number of phenolic OH excluding ortho intramolecular Hbond substituents is 2. The number of benzene rings is 3. The van der Waals surface area contributed by atoms with Gasteiger partial charge in [-0.25, -0.2) is 4.39 Å². The summed E-state index contributed by atoms with van der Waals surface area (Å²) in [5, 5.41) is 22.4. The first-order chi connectivity index (χ1) is 12.5. The first-order valence-corrected chi connectivity index (χ1v) is 7.78. The quantitative estimate of drug-likeness (QED) is 0.619. The summed E-state index contributed by atoms with van der Waals surface area (Å²) in [5.41, 5.74) is -0.0896. The van der Waals surface area contributed by atoms with Gasteiger partial charge in [-0.1, -0.05) is 36.4 Å². The first kappa shape index (κ1) is 15.8. The second-order valence-electron chi connectivity index (χ2n) is 5.85. The Morgan fingerprint density at radius 1 is 0.692 bits per heavy atom. The lowest BCUT2D eigenvalue weighted by Gasteiger charge is -2.14. The van der Waals surface area contributed by atoms with Crippen LogP contribution in [0.25, 0.3) is 22.3 Å². The molecule has 1 aliphatic rings. The average Bonchev–Trinajstić information content (AvgIpc) is 2.90. The smallest absolute Gasteiger partial charge is 0.259 e. The van der Waals surface area contributed by atoms with Crippen LogP contribution < -0.4 is 5.32 Å². The summed E-state index contributed by atoms with van der Waals surface area (Å²) in [6.07, 6.45) is 0. The van der Waals surface area contributed by atoms with Gasteiger partial charge in [-0.15, -0.1) is 0 Å². The molecule has 0 spiro atoms. The van der Waals surface area contributed by atoms with Gasteiger partial charge in [0, 0.05) is 22.3 Å². The molecule has 5 nitrogen and oxygen atoms in total. The molecular formula is C20H12FNO4. The number of amides is 2. The summed E-state index contributed by atoms with van der Waals surface area (Å²) in [6.45, 7) is 0. The molecule has 0 atom stereocenters. The molecule has 6 heteroatoms. The van der Waals surface area contributed by atoms with Gasteiger partial charge in [-0.05, 0) is 18.2 Å². The zero-order valence-electron chi connectivity index (χ0n) is 13.3. The lowest BCUT2D eigenvalue weighted by Crippen LogP contribution is -2.20. The SMILES string of the molecule is O=C1NC(=O)c2c1cc(-c1ccccc1O)c(F)c2-c1ccccc1O. The van der Waals surface area contributed by atoms with E-state index < -0.39 is 17.6 Å². The maximum Gasteiger partial charge on any atom is 0.259 e. The van der Waals surface area contributed by atoms with Gasteiger partial charge >= 0.3 is 0 Å². The Morgan fingerprint density at radius 2 is 1.27 bits per heavy atom. The second kappa shape index (κ2) is 5.70. The van der Waals surface area contributed by atoms with Crippen LogP contribution in [0.1, 0.15) is 20.7 Å². The highest BCUT2D eigenvalue weighted by molar-refractivity contribution is 6.25. The molecule has 0 aromatic heterocycles. The number of carbonyl (C=O) groups is 2. The standard InChI is InChI=1S/C20H12FNO4/c21-18-12(10-5-1-3-7-14(10)23)9-13-17(20(26)22-19(13)25)16(18)11-6-2-4-8-15(11)24/h1-9,23-24H,(H,22,25,26). The molecule has 128 valence electrons. The van der Waals surface area contributed by atoms with Crippen molar-refractivity contribution in [2.45, 2.75) is 0 Å². The molecular weight excluding hydrogens is 337 g/mol. The number of carbonyl (C=O) groups excluding carboxylic acids is 2. The van der Waals surface area contributed by atoms with E-state index in [1.54, 1.807) is 24.3 Å². The fourth-order valence-electron chi connectivity index (χ4n) is 3.14. The van der Waals surface area contributed by atoms with Crippen LogP contribution in [0.15, 0.2) is 54.6 Å². The monoisotopic (exact) mass is 349 g/mol. The number of para-hydroxylation sites is 2. The number of aromatic hydroxyl groups is 2. The molecule has 0 bridgehead atoms. The number of hydrogen-bond acceptors (Lipinski definition) is 4. The fraction of sp³-hybridized carbons (Fsp3) is 0. The number of halogens is 1. The number of rotatable bonds is 2. The van der Waals surface area contributed by atoms with Crippen molar-refractivity contribution in [1.29, 1.82) is 0 Å². The van der Waals surface area contributed by atoms with Gasteiger partial charge in [0.25, 0.3) is 11.8 Å². The third-order valence-electron chi connectivity index (χ3n) is 4.33. The highest BCUT2D eigenvalue weighted by Gasteiger charge is 2.34. The molecule has 0 saturated carbocycles. The molecule has 0 unspecified atom stereocenters. The van der Waals surface area contributed by atoms with Gasteiger partial charge in [0.15, 0.2) is 0 Å². The van der Waals surface area contributed by atoms with E-state index in [0.717, 1.165) is 0 Å². The Morgan fingerprint density at radius 3 is 1.88 bits per heavy atom. The Balaban J connectivity index is 2.13. The molecule has 4 rings (SSSR count). The van der Waals surface area contributed by atoms with Crippen molar-refractivity contribution in [1.82, 2.24) is 5.32 Å². The second-order valence-corrected chi connectivity index (χ2v) is 5.85. The lowest BCUT2D eigenvalue weighted by molar-refractivity contribution is 0.0879. The van der Waals surface area contributed by atoms with E-state index in [0.29, 0.717) is 0 Å². The number of fused-ring (bicyclic) bond motifs is 1. The van der Waals surface area contributed by atoms with Gasteiger partial charge in [0.05, 0.1) is 11.1 Å². The van der Waals surface area contributed by atoms with Crippen LogP contribution in [-0.4, -0.2) is 22.0 Å². The van der Waals surface area contributed by atoms with E-state index in [1.165, 1.54) is 30.3 Å². The molecule has 0 saturated heterocycles. The van der Waals surface area contributed by atoms with Crippen molar-refractivity contribution in [3.63, 3.8) is 0 Å². The normalized spacial score (nSPS) is 12.8. The minimum absolute atomic E-state index is 0.00657. The summed E-state index contributed by atoms with van der Waals surface area (Å²) in [5.74, 6) is -2.59. The summed E-state index contributed by atoms with van der Waals surface area (Å²) in [7, 11) is 0. The zero-order valence-corrected chi connectivity index (χ0v) is 13.3. The predicted octanol–water partition coefficient (Wildman–Crippen LogP) is 3.45. The first-order valence-electron chi connectivity index (χ1n) is 7.78. The van der Waals surface area contributed by atoms with E-state index in [2.05, 4.69) is 5.32 Å². The molecule has 3 aromatic rings. The highest BCUT2D eigenvalue weighted by atomic mass is 19.1. The Kier molecular flexibility index (Phi) is 3.47. The largest absolute Gasteiger partial charge is 0.507 e. The summed E-state index contributed by atoms with van der Waals surface area (Å²) < 4.78 is 15.4. The number of imide groups is 1. The van der Waals surface area contributed by atoms with E-state index in [-0.39, 0.29) is 44.9 Å². The van der Waals surface area contributed by atoms with E-state index in [4.69, 9.17) is 0 Å². The van der Waals surface area contributed by atoms with Gasteiger partial charge in [0.1, 0.15) is 17.3 Å². The number of nitrogens with one attached hydrogen (secondary N) is 1. The van der Waals surface area contributed by atoms with Crippen molar-refractivity contribution in [3.8, 4) is 33.8 Å². The summed E-state index contributed by atoms with van der Waals surface area (Å²) in [4.78, 5) is 24.4. The maximum absolute atomic E-state index is 15.4. The van der Waals surface area contributed by atoms with Gasteiger partial charge < -0.3 is 10.2 Å². The molecule has 3 aromatic carbocycles. The lowest BCUT2D eigenvalue weighted by atomic mass is 9.90. The summed E-state index contributed by atoms with van der Waals surface area (Å²) in [6, 6.07) is 13.3. The van der Waals surface area contributed by atoms with Crippen LogP contribution in [0.3, 0.4) is 0 Å². The maximum atomic E-state index is 15.4. The molecule has 1 aliphatic heterocycles. The van der Waals surface area contributed by atoms with Crippen LogP contribution in [0, 0.1) is 5.82 Å². The van der Waals surface area contributed by atoms with E-state index in [1.807, 2.05) is 0 Å². The highest BCUT2D eigenvalue weighted by Crippen LogP contribution is 2.42. The Labute approximate surface area is 147 Å². The van der Waals surface area contributed by atoms with Crippen LogP contribution in [0.5, 0.6) is 11.5 Å². The molecule has 0 aliphatic carbocycles. The van der Waals surface area contributed by atoms with Gasteiger partial charge in [-0.3, -0.25) is 14.9 Å². The number of hydrogen-bond donors (Lipinski definition) is 3. The van der Waals surface area contributed by atoms with Gasteiger partial charge in [-0.2, -0.15) is 0 Å². The van der Waals surface area contributed by atoms with Crippen molar-refractivity contribution >= 4 is 11.8 Å². The molecule has 0 fully saturated rings. The van der Waals surface area contributed by atoms with Crippen molar-refractivity contribution < 1.29 is 24.2 Å². The third kappa shape index (κ3) is 2.23. The van der Waals surface area contributed by atoms with Crippen molar-refractivity contribution in [3.05, 3.63) is 71.5 Å². The summed E-state index contributed by atoms with van der Waals surface area (Å²) >= 11 is 0. The van der Waals surface area contributed by atoms with Crippen molar-refractivity contribution in [2.24, 2.45) is 0 Å². The van der Waals surface area contributed by atoms with Crippen LogP contribution >= 0.6 is 0 Å². The molecule has 2 amide bonds. The third-order valence-corrected chi connectivity index (χ3v) is 4.33. The number of phenols is 2. The molecule has 0 radical (unpaired) electrons. The zero-order chi connectivity index (χ0) is 18.4. The Hall–Kier alpha value is -3.67. The molecule has 1 heterocycles.